The molecule has 0 spiro atoms. The molecule has 0 atom stereocenters. The van der Waals surface area contributed by atoms with Crippen molar-refractivity contribution >= 4 is 29.1 Å². The smallest absolute Gasteiger partial charge is 0.312 e. The summed E-state index contributed by atoms with van der Waals surface area (Å²) in [6.45, 7) is 0. The molecule has 0 aliphatic carbocycles. The highest BCUT2D eigenvalue weighted by Crippen LogP contribution is 2.33. The molecule has 0 aliphatic rings. The van der Waals surface area contributed by atoms with Gasteiger partial charge in [0.25, 0.3) is 11.4 Å². The highest BCUT2D eigenvalue weighted by molar-refractivity contribution is 7.99. The van der Waals surface area contributed by atoms with Gasteiger partial charge in [0.2, 0.25) is 34.8 Å². The van der Waals surface area contributed by atoms with Crippen LogP contribution in [0.15, 0.2) is 23.1 Å². The molecule has 0 fully saturated rings. The van der Waals surface area contributed by atoms with E-state index in [1.165, 1.54) is 0 Å². The molecule has 0 unspecified atom stereocenters. The Bertz CT molecular complexity index is 990. The van der Waals surface area contributed by atoms with Gasteiger partial charge in [0.15, 0.2) is 0 Å². The number of halogens is 5. The summed E-state index contributed by atoms with van der Waals surface area (Å²) < 4.78 is 70.2. The number of benzene rings is 2. The van der Waals surface area contributed by atoms with Crippen molar-refractivity contribution in [2.45, 2.75) is 11.3 Å². The third-order valence-electron chi connectivity index (χ3n) is 3.30. The van der Waals surface area contributed by atoms with Gasteiger partial charge >= 0.3 is 5.97 Å². The van der Waals surface area contributed by atoms with Crippen molar-refractivity contribution in [3.63, 3.8) is 0 Å². The molecular weight excluding hydrogens is 431 g/mol. The van der Waals surface area contributed by atoms with E-state index in [0.717, 1.165) is 12.1 Å². The van der Waals surface area contributed by atoms with Crippen molar-refractivity contribution in [2.24, 2.45) is 0 Å². The van der Waals surface area contributed by atoms with Crippen LogP contribution in [-0.2, 0) is 4.79 Å². The van der Waals surface area contributed by atoms with Gasteiger partial charge in [0.1, 0.15) is 0 Å². The molecule has 29 heavy (non-hydrogen) atoms. The number of ether oxygens (including phenoxy) is 1. The van der Waals surface area contributed by atoms with E-state index in [9.17, 15) is 47.0 Å². The minimum Gasteiger partial charge on any atom is -0.420 e. The van der Waals surface area contributed by atoms with Crippen LogP contribution in [0.3, 0.4) is 0 Å². The number of rotatable bonds is 7. The first-order valence-corrected chi connectivity index (χ1v) is 8.30. The summed E-state index contributed by atoms with van der Waals surface area (Å²) in [5, 5.41) is 21.7. The predicted molar refractivity (Wildman–Crippen MR) is 87.0 cm³/mol. The number of thioether (sulfide) groups is 1. The van der Waals surface area contributed by atoms with Crippen molar-refractivity contribution in [3.05, 3.63) is 67.5 Å². The number of nitrogens with zero attached hydrogens (tertiary/aromatic N) is 2. The largest absolute Gasteiger partial charge is 0.420 e. The van der Waals surface area contributed by atoms with Gasteiger partial charge in [-0.1, -0.05) is 0 Å². The Morgan fingerprint density at radius 2 is 1.48 bits per heavy atom. The molecule has 2 aromatic rings. The van der Waals surface area contributed by atoms with Crippen LogP contribution >= 0.6 is 11.8 Å². The Labute approximate surface area is 161 Å². The van der Waals surface area contributed by atoms with Gasteiger partial charge in [-0.05, 0) is 6.07 Å². The minimum atomic E-state index is -2.42. The van der Waals surface area contributed by atoms with Crippen molar-refractivity contribution in [3.8, 4) is 5.75 Å². The van der Waals surface area contributed by atoms with Crippen LogP contribution in [0.25, 0.3) is 0 Å². The van der Waals surface area contributed by atoms with E-state index < -0.39 is 68.4 Å². The fraction of sp³-hybridized carbons (Fsp3) is 0.133. The SMILES string of the molecule is O=C(CCSc1ccc([N+](=O)[O-])cc1[N+](=O)[O-])Oc1c(F)c(F)c(F)c(F)c1F. The molecule has 0 N–H and O–H groups in total. The van der Waals surface area contributed by atoms with Crippen molar-refractivity contribution in [2.75, 3.05) is 5.75 Å². The summed E-state index contributed by atoms with van der Waals surface area (Å²) in [4.78, 5) is 31.5. The predicted octanol–water partition coefficient (Wildman–Crippen LogP) is 4.29. The summed E-state index contributed by atoms with van der Waals surface area (Å²) in [5.74, 6) is -15.0. The zero-order valence-corrected chi connectivity index (χ0v) is 14.6. The summed E-state index contributed by atoms with van der Waals surface area (Å²) in [6.07, 6.45) is -0.627. The first-order chi connectivity index (χ1) is 13.5. The van der Waals surface area contributed by atoms with E-state index in [1.54, 1.807) is 0 Å². The van der Waals surface area contributed by atoms with Crippen LogP contribution in [0.4, 0.5) is 33.3 Å². The number of hydrogen-bond donors (Lipinski definition) is 0. The normalized spacial score (nSPS) is 10.7. The van der Waals surface area contributed by atoms with Gasteiger partial charge in [-0.25, -0.2) is 13.2 Å². The number of non-ortho nitro benzene ring substituents is 1. The maximum Gasteiger partial charge on any atom is 0.312 e. The summed E-state index contributed by atoms with van der Waals surface area (Å²) >= 11 is 0.691. The van der Waals surface area contributed by atoms with Crippen LogP contribution in [0, 0.1) is 49.3 Å². The van der Waals surface area contributed by atoms with E-state index in [4.69, 9.17) is 0 Å². The highest BCUT2D eigenvalue weighted by atomic mass is 32.2. The molecule has 14 heteroatoms. The molecule has 0 saturated carbocycles. The molecule has 154 valence electrons. The first kappa shape index (κ1) is 22.0. The van der Waals surface area contributed by atoms with Gasteiger partial charge in [-0.15, -0.1) is 11.8 Å². The monoisotopic (exact) mass is 438 g/mol. The molecule has 8 nitrogen and oxygen atoms in total. The highest BCUT2D eigenvalue weighted by Gasteiger charge is 2.28. The Balaban J connectivity index is 2.08. The average Bonchev–Trinajstić information content (AvgIpc) is 2.68. The maximum atomic E-state index is 13.5. The van der Waals surface area contributed by atoms with E-state index in [-0.39, 0.29) is 10.6 Å². The molecule has 0 aromatic heterocycles. The lowest BCUT2D eigenvalue weighted by Crippen LogP contribution is -2.14. The number of nitro benzene ring substituents is 2. The van der Waals surface area contributed by atoms with Gasteiger partial charge in [-0.3, -0.25) is 25.0 Å². The van der Waals surface area contributed by atoms with Gasteiger partial charge in [-0.2, -0.15) is 8.78 Å². The topological polar surface area (TPSA) is 113 Å². The number of nitro groups is 2. The average molecular weight is 438 g/mol. The maximum absolute atomic E-state index is 13.5. The minimum absolute atomic E-state index is 0.0513. The third-order valence-corrected chi connectivity index (χ3v) is 4.36. The second kappa shape index (κ2) is 8.81. The van der Waals surface area contributed by atoms with Gasteiger partial charge < -0.3 is 4.74 Å². The van der Waals surface area contributed by atoms with Gasteiger partial charge in [0.05, 0.1) is 27.2 Å². The lowest BCUT2D eigenvalue weighted by molar-refractivity contribution is -0.396. The van der Waals surface area contributed by atoms with Crippen molar-refractivity contribution in [1.29, 1.82) is 0 Å². The number of carbonyl (C=O) groups excluding carboxylic acids is 1. The van der Waals surface area contributed by atoms with Crippen LogP contribution in [-0.4, -0.2) is 21.6 Å². The van der Waals surface area contributed by atoms with Gasteiger partial charge in [0, 0.05) is 11.8 Å². The van der Waals surface area contributed by atoms with Crippen LogP contribution in [0.5, 0.6) is 5.75 Å². The number of esters is 1. The number of carbonyl (C=O) groups is 1. The fourth-order valence-corrected chi connectivity index (χ4v) is 2.90. The van der Waals surface area contributed by atoms with Crippen molar-refractivity contribution in [1.82, 2.24) is 0 Å². The number of hydrogen-bond acceptors (Lipinski definition) is 7. The Morgan fingerprint density at radius 1 is 0.931 bits per heavy atom. The molecule has 2 aromatic carbocycles. The van der Waals surface area contributed by atoms with Crippen LogP contribution < -0.4 is 4.74 Å². The lowest BCUT2D eigenvalue weighted by atomic mass is 10.2. The molecule has 0 aliphatic heterocycles. The van der Waals surface area contributed by atoms with Crippen molar-refractivity contribution < 1.29 is 41.3 Å². The standard InChI is InChI=1S/C15H7F5N2O6S/c16-10-11(17)13(19)15(14(20)12(10)18)28-9(23)3-4-29-8-2-1-6(21(24)25)5-7(8)22(26)27/h1-2,5H,3-4H2. The zero-order valence-electron chi connectivity index (χ0n) is 13.8. The Kier molecular flexibility index (Phi) is 6.68. The molecule has 0 bridgehead atoms. The zero-order chi connectivity index (χ0) is 21.9. The van der Waals surface area contributed by atoms with E-state index in [2.05, 4.69) is 4.74 Å². The third kappa shape index (κ3) is 4.77. The Morgan fingerprint density at radius 3 is 2.00 bits per heavy atom. The van der Waals surface area contributed by atoms with Crippen LogP contribution in [0.1, 0.15) is 6.42 Å². The Hall–Kier alpha value is -3.29. The summed E-state index contributed by atoms with van der Waals surface area (Å²) in [6, 6.07) is 2.76. The van der Waals surface area contributed by atoms with E-state index >= 15 is 0 Å². The van der Waals surface area contributed by atoms with E-state index in [1.807, 2.05) is 0 Å². The molecule has 2 rings (SSSR count). The summed E-state index contributed by atoms with van der Waals surface area (Å²) in [7, 11) is 0. The quantitative estimate of drug-likeness (QED) is 0.0927. The lowest BCUT2D eigenvalue weighted by Gasteiger charge is -2.08. The van der Waals surface area contributed by atoms with Crippen LogP contribution in [0.2, 0.25) is 0 Å². The second-order valence-electron chi connectivity index (χ2n) is 5.14. The van der Waals surface area contributed by atoms with E-state index in [0.29, 0.717) is 17.8 Å². The molecule has 0 heterocycles. The molecular formula is C15H7F5N2O6S. The fourth-order valence-electron chi connectivity index (χ4n) is 1.97. The summed E-state index contributed by atoms with van der Waals surface area (Å²) in [5.41, 5.74) is -1.15. The molecule has 0 radical (unpaired) electrons. The molecule has 0 saturated heterocycles. The second-order valence-corrected chi connectivity index (χ2v) is 6.27. The first-order valence-electron chi connectivity index (χ1n) is 7.32. The molecule has 0 amide bonds.